The Morgan fingerprint density at radius 1 is 1.16 bits per heavy atom. The Bertz CT molecular complexity index is 934. The van der Waals surface area contributed by atoms with Gasteiger partial charge in [0.2, 0.25) is 0 Å². The zero-order valence-electron chi connectivity index (χ0n) is 13.2. The zero-order valence-corrected chi connectivity index (χ0v) is 14.8. The van der Waals surface area contributed by atoms with Crippen LogP contribution in [0.4, 0.5) is 15.9 Å². The van der Waals surface area contributed by atoms with Gasteiger partial charge in [-0.3, -0.25) is 0 Å². The van der Waals surface area contributed by atoms with Gasteiger partial charge in [-0.15, -0.1) is 11.3 Å². The van der Waals surface area contributed by atoms with Crippen molar-refractivity contribution in [1.82, 2.24) is 9.97 Å². The first-order valence-corrected chi connectivity index (χ1v) is 8.73. The maximum absolute atomic E-state index is 14.3. The molecular weight excluding hydrogens is 365 g/mol. The molecule has 0 saturated carbocycles. The van der Waals surface area contributed by atoms with E-state index in [-0.39, 0.29) is 5.82 Å². The van der Waals surface area contributed by atoms with Crippen molar-refractivity contribution in [3.63, 3.8) is 0 Å². The number of thiophene rings is 1. The molecule has 3 aromatic rings. The minimum absolute atomic E-state index is 0.172. The molecule has 0 amide bonds. The highest BCUT2D eigenvalue weighted by Crippen LogP contribution is 2.36. The van der Waals surface area contributed by atoms with Gasteiger partial charge < -0.3 is 14.4 Å². The lowest BCUT2D eigenvalue weighted by atomic mass is 10.2. The van der Waals surface area contributed by atoms with Crippen LogP contribution in [0.1, 0.15) is 0 Å². The first-order valence-electron chi connectivity index (χ1n) is 7.53. The number of halogens is 2. The summed E-state index contributed by atoms with van der Waals surface area (Å²) in [7, 11) is 1.74. The van der Waals surface area contributed by atoms with Gasteiger partial charge in [0.15, 0.2) is 29.0 Å². The van der Waals surface area contributed by atoms with Crippen LogP contribution in [0.25, 0.3) is 10.7 Å². The van der Waals surface area contributed by atoms with Crippen molar-refractivity contribution in [3.8, 4) is 22.2 Å². The molecule has 1 aromatic carbocycles. The van der Waals surface area contributed by atoms with Gasteiger partial charge in [0.1, 0.15) is 13.2 Å². The number of hydrogen-bond acceptors (Lipinski definition) is 6. The summed E-state index contributed by atoms with van der Waals surface area (Å²) < 4.78 is 26.0. The highest BCUT2D eigenvalue weighted by molar-refractivity contribution is 7.19. The Hall–Kier alpha value is -2.38. The summed E-state index contributed by atoms with van der Waals surface area (Å²) in [6, 6.07) is 9.01. The molecule has 0 atom stereocenters. The molecule has 4 rings (SSSR count). The summed E-state index contributed by atoms with van der Waals surface area (Å²) >= 11 is 7.30. The smallest absolute Gasteiger partial charge is 0.184 e. The van der Waals surface area contributed by atoms with E-state index >= 15 is 0 Å². The van der Waals surface area contributed by atoms with Gasteiger partial charge in [-0.1, -0.05) is 11.6 Å². The van der Waals surface area contributed by atoms with Gasteiger partial charge in [0, 0.05) is 18.8 Å². The van der Waals surface area contributed by atoms with Crippen molar-refractivity contribution in [3.05, 3.63) is 46.7 Å². The van der Waals surface area contributed by atoms with Crippen molar-refractivity contribution < 1.29 is 13.9 Å². The molecular formula is C17H13ClFN3O2S. The van der Waals surface area contributed by atoms with E-state index in [0.29, 0.717) is 34.9 Å². The van der Waals surface area contributed by atoms with Crippen molar-refractivity contribution in [2.75, 3.05) is 25.2 Å². The van der Waals surface area contributed by atoms with Gasteiger partial charge in [-0.25, -0.2) is 14.4 Å². The number of benzene rings is 1. The lowest BCUT2D eigenvalue weighted by Gasteiger charge is -2.23. The van der Waals surface area contributed by atoms with E-state index in [2.05, 4.69) is 9.97 Å². The molecule has 0 unspecified atom stereocenters. The number of anilines is 2. The van der Waals surface area contributed by atoms with Crippen LogP contribution in [0.2, 0.25) is 4.34 Å². The average Bonchev–Trinajstić information content (AvgIpc) is 3.07. The maximum Gasteiger partial charge on any atom is 0.184 e. The van der Waals surface area contributed by atoms with Crippen LogP contribution in [0.3, 0.4) is 0 Å². The van der Waals surface area contributed by atoms with E-state index in [0.717, 1.165) is 10.6 Å². The molecule has 25 heavy (non-hydrogen) atoms. The van der Waals surface area contributed by atoms with Crippen LogP contribution in [0.15, 0.2) is 36.5 Å². The number of nitrogens with zero attached hydrogens (tertiary/aromatic N) is 3. The third-order valence-corrected chi connectivity index (χ3v) is 4.98. The monoisotopic (exact) mass is 377 g/mol. The van der Waals surface area contributed by atoms with Crippen LogP contribution < -0.4 is 14.4 Å². The highest BCUT2D eigenvalue weighted by Gasteiger charge is 2.18. The van der Waals surface area contributed by atoms with Crippen LogP contribution in [-0.2, 0) is 0 Å². The summed E-state index contributed by atoms with van der Waals surface area (Å²) in [5, 5.41) is 0. The van der Waals surface area contributed by atoms with Crippen LogP contribution in [-0.4, -0.2) is 30.2 Å². The predicted molar refractivity (Wildman–Crippen MR) is 95.8 cm³/mol. The fourth-order valence-electron chi connectivity index (χ4n) is 2.51. The van der Waals surface area contributed by atoms with E-state index in [1.54, 1.807) is 30.1 Å². The molecule has 0 fully saturated rings. The minimum Gasteiger partial charge on any atom is -0.486 e. The predicted octanol–water partition coefficient (Wildman–Crippen LogP) is 4.54. The third-order valence-electron chi connectivity index (χ3n) is 3.75. The van der Waals surface area contributed by atoms with Crippen molar-refractivity contribution in [2.24, 2.45) is 0 Å². The standard InChI is InChI=1S/C17H13ClFN3O2S/c1-22(10-2-3-12-13(8-10)24-7-6-23-12)17-11(19)9-20-16(21-17)14-4-5-15(18)25-14/h2-5,8-9H,6-7H2,1H3. The second kappa shape index (κ2) is 6.50. The van der Waals surface area contributed by atoms with E-state index < -0.39 is 5.82 Å². The molecule has 128 valence electrons. The molecule has 5 nitrogen and oxygen atoms in total. The lowest BCUT2D eigenvalue weighted by Crippen LogP contribution is -2.17. The molecule has 0 bridgehead atoms. The molecule has 0 radical (unpaired) electrons. The number of ether oxygens (including phenoxy) is 2. The number of aromatic nitrogens is 2. The molecule has 3 heterocycles. The summed E-state index contributed by atoms with van der Waals surface area (Å²) in [6.45, 7) is 1.01. The van der Waals surface area contributed by atoms with Crippen LogP contribution in [0, 0.1) is 5.82 Å². The summed E-state index contributed by atoms with van der Waals surface area (Å²) in [5.74, 6) is 1.41. The van der Waals surface area contributed by atoms with Gasteiger partial charge in [-0.2, -0.15) is 0 Å². The Balaban J connectivity index is 1.71. The fourth-order valence-corrected chi connectivity index (χ4v) is 3.49. The van der Waals surface area contributed by atoms with E-state index in [1.807, 2.05) is 12.1 Å². The topological polar surface area (TPSA) is 47.5 Å². The zero-order chi connectivity index (χ0) is 17.4. The Morgan fingerprint density at radius 2 is 1.96 bits per heavy atom. The van der Waals surface area contributed by atoms with E-state index in [1.165, 1.54) is 17.5 Å². The SMILES string of the molecule is CN(c1ccc2c(c1)OCCO2)c1nc(-c2ccc(Cl)s2)ncc1F. The molecule has 0 saturated heterocycles. The molecule has 2 aromatic heterocycles. The Morgan fingerprint density at radius 3 is 2.72 bits per heavy atom. The summed E-state index contributed by atoms with van der Waals surface area (Å²) in [6.07, 6.45) is 1.17. The van der Waals surface area contributed by atoms with Gasteiger partial charge >= 0.3 is 0 Å². The number of hydrogen-bond donors (Lipinski definition) is 0. The number of fused-ring (bicyclic) bond motifs is 1. The minimum atomic E-state index is -0.510. The molecule has 0 N–H and O–H groups in total. The Kier molecular flexibility index (Phi) is 4.19. The quantitative estimate of drug-likeness (QED) is 0.670. The van der Waals surface area contributed by atoms with Gasteiger partial charge in [-0.05, 0) is 24.3 Å². The third kappa shape index (κ3) is 3.12. The van der Waals surface area contributed by atoms with E-state index in [9.17, 15) is 4.39 Å². The van der Waals surface area contributed by atoms with Crippen molar-refractivity contribution >= 4 is 34.4 Å². The normalized spacial score (nSPS) is 12.9. The van der Waals surface area contributed by atoms with Crippen LogP contribution in [0.5, 0.6) is 11.5 Å². The second-order valence-electron chi connectivity index (χ2n) is 5.36. The lowest BCUT2D eigenvalue weighted by molar-refractivity contribution is 0.171. The van der Waals surface area contributed by atoms with Crippen LogP contribution >= 0.6 is 22.9 Å². The summed E-state index contributed by atoms with van der Waals surface area (Å²) in [4.78, 5) is 10.9. The molecule has 0 aliphatic carbocycles. The first kappa shape index (κ1) is 16.1. The molecule has 1 aliphatic rings. The molecule has 8 heteroatoms. The Labute approximate surface area is 152 Å². The number of rotatable bonds is 3. The molecule has 0 spiro atoms. The van der Waals surface area contributed by atoms with Gasteiger partial charge in [0.25, 0.3) is 0 Å². The maximum atomic E-state index is 14.3. The fraction of sp³-hybridized carbons (Fsp3) is 0.176. The van der Waals surface area contributed by atoms with E-state index in [4.69, 9.17) is 21.1 Å². The first-order chi connectivity index (χ1) is 12.1. The summed E-state index contributed by atoms with van der Waals surface area (Å²) in [5.41, 5.74) is 0.733. The highest BCUT2D eigenvalue weighted by atomic mass is 35.5. The second-order valence-corrected chi connectivity index (χ2v) is 7.07. The average molecular weight is 378 g/mol. The van der Waals surface area contributed by atoms with Gasteiger partial charge in [0.05, 0.1) is 15.4 Å². The van der Waals surface area contributed by atoms with Crippen molar-refractivity contribution in [1.29, 1.82) is 0 Å². The van der Waals surface area contributed by atoms with Crippen molar-refractivity contribution in [2.45, 2.75) is 0 Å². The molecule has 1 aliphatic heterocycles. The largest absolute Gasteiger partial charge is 0.486 e.